The summed E-state index contributed by atoms with van der Waals surface area (Å²) in [6.07, 6.45) is 0.689. The van der Waals surface area contributed by atoms with Gasteiger partial charge in [-0.1, -0.05) is 13.8 Å². The Morgan fingerprint density at radius 2 is 2.25 bits per heavy atom. The minimum atomic E-state index is -0.775. The van der Waals surface area contributed by atoms with Crippen molar-refractivity contribution < 1.29 is 14.6 Å². The van der Waals surface area contributed by atoms with E-state index in [1.54, 1.807) is 18.4 Å². The summed E-state index contributed by atoms with van der Waals surface area (Å²) >= 11 is 1.60. The highest BCUT2D eigenvalue weighted by molar-refractivity contribution is 7.11. The number of rotatable bonds is 6. The number of nitrogens with zero attached hydrogens (tertiary/aromatic N) is 1. The predicted molar refractivity (Wildman–Crippen MR) is 62.9 cm³/mol. The Morgan fingerprint density at radius 1 is 1.56 bits per heavy atom. The molecule has 1 aromatic rings. The van der Waals surface area contributed by atoms with E-state index in [0.717, 1.165) is 15.6 Å². The van der Waals surface area contributed by atoms with Gasteiger partial charge < -0.3 is 9.84 Å². The summed E-state index contributed by atoms with van der Waals surface area (Å²) in [4.78, 5) is 16.0. The fourth-order valence-corrected chi connectivity index (χ4v) is 2.39. The van der Waals surface area contributed by atoms with Gasteiger partial charge in [-0.25, -0.2) is 4.98 Å². The van der Waals surface area contributed by atoms with Crippen LogP contribution in [-0.2, 0) is 22.6 Å². The van der Waals surface area contributed by atoms with Crippen molar-refractivity contribution in [3.63, 3.8) is 0 Å². The number of carboxylic acids is 1. The number of methoxy groups -OCH3 is 1. The van der Waals surface area contributed by atoms with Crippen LogP contribution in [0.2, 0.25) is 0 Å². The summed E-state index contributed by atoms with van der Waals surface area (Å²) in [7, 11) is 1.62. The van der Waals surface area contributed by atoms with Crippen LogP contribution in [-0.4, -0.2) is 23.2 Å². The molecule has 0 aliphatic rings. The molecule has 0 spiro atoms. The van der Waals surface area contributed by atoms with E-state index in [-0.39, 0.29) is 6.42 Å². The van der Waals surface area contributed by atoms with Crippen molar-refractivity contribution in [2.75, 3.05) is 7.11 Å². The van der Waals surface area contributed by atoms with Crippen LogP contribution in [0.4, 0.5) is 0 Å². The molecular formula is C11H17NO3S. The number of hydrogen-bond acceptors (Lipinski definition) is 4. The van der Waals surface area contributed by atoms with Gasteiger partial charge in [-0.15, -0.1) is 11.3 Å². The lowest BCUT2D eigenvalue weighted by atomic mass is 10.2. The molecule has 5 heteroatoms. The van der Waals surface area contributed by atoms with Crippen molar-refractivity contribution in [3.05, 3.63) is 15.6 Å². The maximum Gasteiger partial charge on any atom is 0.303 e. The van der Waals surface area contributed by atoms with E-state index in [9.17, 15) is 4.79 Å². The van der Waals surface area contributed by atoms with Crippen LogP contribution in [0.5, 0.6) is 0 Å². The second-order valence-corrected chi connectivity index (χ2v) is 5.02. The van der Waals surface area contributed by atoms with Crippen molar-refractivity contribution in [1.82, 2.24) is 4.98 Å². The summed E-state index contributed by atoms with van der Waals surface area (Å²) < 4.78 is 5.07. The molecule has 0 bridgehead atoms. The third kappa shape index (κ3) is 3.57. The molecule has 0 amide bonds. The normalized spacial score (nSPS) is 11.0. The van der Waals surface area contributed by atoms with Gasteiger partial charge in [0.25, 0.3) is 0 Å². The summed E-state index contributed by atoms with van der Waals surface area (Å²) in [5.41, 5.74) is 0.887. The van der Waals surface area contributed by atoms with Crippen LogP contribution in [0.15, 0.2) is 0 Å². The van der Waals surface area contributed by atoms with Gasteiger partial charge >= 0.3 is 5.97 Å². The smallest absolute Gasteiger partial charge is 0.303 e. The van der Waals surface area contributed by atoms with Crippen LogP contribution < -0.4 is 0 Å². The SMILES string of the molecule is COCc1nc(C(C)C)sc1CCC(=O)O. The molecule has 0 saturated carbocycles. The zero-order valence-corrected chi connectivity index (χ0v) is 10.6. The average Bonchev–Trinajstić information content (AvgIpc) is 2.59. The molecule has 1 heterocycles. The molecule has 0 fully saturated rings. The number of carboxylic acid groups (broad SMARTS) is 1. The van der Waals surface area contributed by atoms with Crippen molar-refractivity contribution in [1.29, 1.82) is 0 Å². The van der Waals surface area contributed by atoms with Crippen LogP contribution in [0, 0.1) is 0 Å². The van der Waals surface area contributed by atoms with Crippen LogP contribution in [0.3, 0.4) is 0 Å². The standard InChI is InChI=1S/C11H17NO3S/c1-7(2)11-12-8(6-15-3)9(16-11)4-5-10(13)14/h7H,4-6H2,1-3H3,(H,13,14). The minimum Gasteiger partial charge on any atom is -0.481 e. The van der Waals surface area contributed by atoms with E-state index in [1.807, 2.05) is 0 Å². The van der Waals surface area contributed by atoms with Crippen molar-refractivity contribution in [2.45, 2.75) is 39.2 Å². The Balaban J connectivity index is 2.82. The van der Waals surface area contributed by atoms with E-state index >= 15 is 0 Å². The van der Waals surface area contributed by atoms with Crippen molar-refractivity contribution in [2.24, 2.45) is 0 Å². The largest absolute Gasteiger partial charge is 0.481 e. The highest BCUT2D eigenvalue weighted by Crippen LogP contribution is 2.26. The molecule has 90 valence electrons. The lowest BCUT2D eigenvalue weighted by Gasteiger charge is -1.98. The summed E-state index contributed by atoms with van der Waals surface area (Å²) in [6, 6.07) is 0. The number of hydrogen-bond donors (Lipinski definition) is 1. The van der Waals surface area contributed by atoms with Gasteiger partial charge in [-0.05, 0) is 6.42 Å². The quantitative estimate of drug-likeness (QED) is 0.833. The second-order valence-electron chi connectivity index (χ2n) is 3.90. The number of aromatic nitrogens is 1. The third-order valence-electron chi connectivity index (χ3n) is 2.14. The van der Waals surface area contributed by atoms with E-state index < -0.39 is 5.97 Å². The molecule has 0 aliphatic heterocycles. The van der Waals surface area contributed by atoms with Crippen molar-refractivity contribution >= 4 is 17.3 Å². The molecule has 1 aromatic heterocycles. The van der Waals surface area contributed by atoms with Gasteiger partial charge in [0, 0.05) is 17.9 Å². The number of aryl methyl sites for hydroxylation is 1. The Kier molecular flexibility index (Phi) is 4.89. The first-order valence-corrected chi connectivity index (χ1v) is 6.05. The molecule has 0 aliphatic carbocycles. The molecule has 0 saturated heterocycles. The topological polar surface area (TPSA) is 59.4 Å². The van der Waals surface area contributed by atoms with E-state index in [1.165, 1.54) is 0 Å². The van der Waals surface area contributed by atoms with Gasteiger partial charge in [-0.2, -0.15) is 0 Å². The van der Waals surface area contributed by atoms with Gasteiger partial charge in [0.2, 0.25) is 0 Å². The van der Waals surface area contributed by atoms with Gasteiger partial charge in [0.1, 0.15) is 0 Å². The number of thiazole rings is 1. The first-order chi connectivity index (χ1) is 7.54. The fraction of sp³-hybridized carbons (Fsp3) is 0.636. The fourth-order valence-electron chi connectivity index (χ4n) is 1.32. The molecule has 0 atom stereocenters. The van der Waals surface area contributed by atoms with Crippen LogP contribution in [0.25, 0.3) is 0 Å². The molecule has 1 N–H and O–H groups in total. The number of ether oxygens (including phenoxy) is 1. The van der Waals surface area contributed by atoms with Crippen LogP contribution in [0.1, 0.15) is 41.8 Å². The van der Waals surface area contributed by atoms with Gasteiger partial charge in [0.15, 0.2) is 0 Å². The van der Waals surface area contributed by atoms with E-state index in [2.05, 4.69) is 18.8 Å². The number of carbonyl (C=O) groups is 1. The maximum atomic E-state index is 10.5. The Morgan fingerprint density at radius 3 is 2.75 bits per heavy atom. The molecule has 4 nitrogen and oxygen atoms in total. The average molecular weight is 243 g/mol. The van der Waals surface area contributed by atoms with Crippen molar-refractivity contribution in [3.8, 4) is 0 Å². The monoisotopic (exact) mass is 243 g/mol. The predicted octanol–water partition coefficient (Wildman–Crippen LogP) is 2.43. The highest BCUT2D eigenvalue weighted by Gasteiger charge is 2.14. The summed E-state index contributed by atoms with van der Waals surface area (Å²) in [5.74, 6) is -0.401. The molecular weight excluding hydrogens is 226 g/mol. The van der Waals surface area contributed by atoms with E-state index in [4.69, 9.17) is 9.84 Å². The maximum absolute atomic E-state index is 10.5. The Labute approximate surface area is 99.3 Å². The molecule has 16 heavy (non-hydrogen) atoms. The zero-order chi connectivity index (χ0) is 12.1. The number of aliphatic carboxylic acids is 1. The van der Waals surface area contributed by atoms with E-state index in [0.29, 0.717) is 18.9 Å². The lowest BCUT2D eigenvalue weighted by Crippen LogP contribution is -1.99. The van der Waals surface area contributed by atoms with Gasteiger partial charge in [-0.3, -0.25) is 4.79 Å². The molecule has 0 unspecified atom stereocenters. The minimum absolute atomic E-state index is 0.149. The molecule has 0 aromatic carbocycles. The summed E-state index contributed by atoms with van der Waals surface area (Å²) in [5, 5.41) is 9.71. The van der Waals surface area contributed by atoms with Gasteiger partial charge in [0.05, 0.1) is 23.7 Å². The molecule has 1 rings (SSSR count). The first kappa shape index (κ1) is 13.1. The Hall–Kier alpha value is -0.940. The first-order valence-electron chi connectivity index (χ1n) is 5.23. The third-order valence-corrected chi connectivity index (χ3v) is 3.59. The zero-order valence-electron chi connectivity index (χ0n) is 9.82. The summed E-state index contributed by atoms with van der Waals surface area (Å²) in [6.45, 7) is 4.62. The van der Waals surface area contributed by atoms with Crippen LogP contribution >= 0.6 is 11.3 Å². The molecule has 0 radical (unpaired) electrons. The highest BCUT2D eigenvalue weighted by atomic mass is 32.1. The Bertz CT molecular complexity index is 360. The second kappa shape index (κ2) is 5.96. The lowest BCUT2D eigenvalue weighted by molar-refractivity contribution is -0.136.